The van der Waals surface area contributed by atoms with E-state index in [2.05, 4.69) is 4.98 Å². The highest BCUT2D eigenvalue weighted by Gasteiger charge is 2.30. The van der Waals surface area contributed by atoms with Crippen LogP contribution in [0.3, 0.4) is 0 Å². The lowest BCUT2D eigenvalue weighted by atomic mass is 10.1. The summed E-state index contributed by atoms with van der Waals surface area (Å²) in [5.74, 6) is 0.140. The normalized spacial score (nSPS) is 11.5. The molecule has 1 aromatic heterocycles. The highest BCUT2D eigenvalue weighted by atomic mass is 19.4. The molecule has 88 valence electrons. The lowest BCUT2D eigenvalue weighted by Crippen LogP contribution is -2.03. The first-order valence-electron chi connectivity index (χ1n) is 4.59. The zero-order valence-electron chi connectivity index (χ0n) is 8.36. The molecule has 0 saturated carbocycles. The van der Waals surface area contributed by atoms with E-state index in [1.54, 1.807) is 0 Å². The van der Waals surface area contributed by atoms with E-state index < -0.39 is 11.7 Å². The Morgan fingerprint density at radius 3 is 2.29 bits per heavy atom. The van der Waals surface area contributed by atoms with Crippen molar-refractivity contribution in [3.8, 4) is 11.3 Å². The Kier molecular flexibility index (Phi) is 2.71. The van der Waals surface area contributed by atoms with Crippen LogP contribution in [-0.2, 0) is 6.18 Å². The zero-order chi connectivity index (χ0) is 12.5. The van der Waals surface area contributed by atoms with E-state index in [1.165, 1.54) is 18.3 Å². The molecule has 6 heteroatoms. The van der Waals surface area contributed by atoms with Crippen LogP contribution in [0.25, 0.3) is 11.3 Å². The number of carbonyl (C=O) groups is 1. The van der Waals surface area contributed by atoms with Gasteiger partial charge < -0.3 is 4.42 Å². The minimum Gasteiger partial charge on any atom is -0.434 e. The number of rotatable bonds is 2. The molecule has 0 aliphatic rings. The molecule has 0 unspecified atom stereocenters. The van der Waals surface area contributed by atoms with Crippen molar-refractivity contribution in [2.45, 2.75) is 6.18 Å². The molecule has 0 radical (unpaired) electrons. The first kappa shape index (κ1) is 11.4. The van der Waals surface area contributed by atoms with Gasteiger partial charge in [0.1, 0.15) is 0 Å². The van der Waals surface area contributed by atoms with E-state index in [1.807, 2.05) is 0 Å². The predicted molar refractivity (Wildman–Crippen MR) is 52.3 cm³/mol. The average molecular weight is 241 g/mol. The van der Waals surface area contributed by atoms with Crippen molar-refractivity contribution >= 4 is 6.29 Å². The summed E-state index contributed by atoms with van der Waals surface area (Å²) in [7, 11) is 0. The number of oxazole rings is 1. The molecule has 2 rings (SSSR count). The fourth-order valence-electron chi connectivity index (χ4n) is 1.30. The minimum absolute atomic E-state index is 0.111. The molecule has 1 heterocycles. The number of benzene rings is 1. The number of aromatic nitrogens is 1. The maximum Gasteiger partial charge on any atom is 0.416 e. The molecule has 0 spiro atoms. The maximum atomic E-state index is 12.3. The van der Waals surface area contributed by atoms with Crippen molar-refractivity contribution in [3.05, 3.63) is 41.9 Å². The third-order valence-corrected chi connectivity index (χ3v) is 2.12. The highest BCUT2D eigenvalue weighted by Crippen LogP contribution is 2.30. The Morgan fingerprint density at radius 2 is 1.82 bits per heavy atom. The quantitative estimate of drug-likeness (QED) is 0.758. The molecule has 0 saturated heterocycles. The highest BCUT2D eigenvalue weighted by molar-refractivity contribution is 5.69. The third kappa shape index (κ3) is 2.35. The molecule has 0 aliphatic carbocycles. The number of aldehydes is 1. The molecule has 2 aromatic rings. The lowest BCUT2D eigenvalue weighted by Gasteiger charge is -2.06. The Hall–Kier alpha value is -2.11. The fourth-order valence-corrected chi connectivity index (χ4v) is 1.30. The van der Waals surface area contributed by atoms with Crippen molar-refractivity contribution in [3.63, 3.8) is 0 Å². The van der Waals surface area contributed by atoms with E-state index in [0.29, 0.717) is 11.8 Å². The molecule has 0 atom stereocenters. The molecule has 3 nitrogen and oxygen atoms in total. The molecular formula is C11H6F3NO2. The number of carbonyl (C=O) groups excluding carboxylic acids is 1. The molecule has 1 aromatic carbocycles. The Morgan fingerprint density at radius 1 is 1.18 bits per heavy atom. The van der Waals surface area contributed by atoms with Gasteiger partial charge in [-0.15, -0.1) is 0 Å². The molecular weight excluding hydrogens is 235 g/mol. The molecule has 0 fully saturated rings. The standard InChI is InChI=1S/C11H6F3NO2/c12-11(13,14)8-3-1-7(2-4-8)9-5-15-10(6-16)17-9/h1-6H. The van der Waals surface area contributed by atoms with Gasteiger partial charge in [0.25, 0.3) is 5.89 Å². The summed E-state index contributed by atoms with van der Waals surface area (Å²) >= 11 is 0. The van der Waals surface area contributed by atoms with Gasteiger partial charge in [-0.25, -0.2) is 4.98 Å². The first-order chi connectivity index (χ1) is 8.00. The Balaban J connectivity index is 2.32. The van der Waals surface area contributed by atoms with E-state index in [9.17, 15) is 18.0 Å². The Labute approximate surface area is 93.9 Å². The van der Waals surface area contributed by atoms with Crippen molar-refractivity contribution in [2.75, 3.05) is 0 Å². The van der Waals surface area contributed by atoms with Crippen LogP contribution in [0, 0.1) is 0 Å². The van der Waals surface area contributed by atoms with Crippen LogP contribution in [0.2, 0.25) is 0 Å². The van der Waals surface area contributed by atoms with Crippen molar-refractivity contribution < 1.29 is 22.4 Å². The summed E-state index contributed by atoms with van der Waals surface area (Å²) in [5, 5.41) is 0. The van der Waals surface area contributed by atoms with Gasteiger partial charge in [0, 0.05) is 5.56 Å². The number of nitrogens with zero attached hydrogens (tertiary/aromatic N) is 1. The van der Waals surface area contributed by atoms with Crippen LogP contribution in [0.1, 0.15) is 16.2 Å². The number of alkyl halides is 3. The van der Waals surface area contributed by atoms with Gasteiger partial charge in [-0.2, -0.15) is 13.2 Å². The first-order valence-corrected chi connectivity index (χ1v) is 4.59. The monoisotopic (exact) mass is 241 g/mol. The largest absolute Gasteiger partial charge is 0.434 e. The van der Waals surface area contributed by atoms with Crippen LogP contribution >= 0.6 is 0 Å². The van der Waals surface area contributed by atoms with Crippen molar-refractivity contribution in [1.82, 2.24) is 4.98 Å². The average Bonchev–Trinajstić information content (AvgIpc) is 2.76. The van der Waals surface area contributed by atoms with E-state index in [0.717, 1.165) is 12.1 Å². The molecule has 0 bridgehead atoms. The van der Waals surface area contributed by atoms with Crippen LogP contribution in [0.5, 0.6) is 0 Å². The van der Waals surface area contributed by atoms with Gasteiger partial charge in [0.05, 0.1) is 11.8 Å². The fraction of sp³-hybridized carbons (Fsp3) is 0.0909. The molecule has 0 N–H and O–H groups in total. The van der Waals surface area contributed by atoms with Gasteiger partial charge in [-0.05, 0) is 12.1 Å². The second kappa shape index (κ2) is 4.04. The lowest BCUT2D eigenvalue weighted by molar-refractivity contribution is -0.137. The van der Waals surface area contributed by atoms with Crippen LogP contribution in [0.15, 0.2) is 34.9 Å². The summed E-state index contributed by atoms with van der Waals surface area (Å²) < 4.78 is 41.9. The Bertz CT molecular complexity index is 528. The maximum absolute atomic E-state index is 12.3. The van der Waals surface area contributed by atoms with Crippen molar-refractivity contribution in [1.29, 1.82) is 0 Å². The van der Waals surface area contributed by atoms with E-state index >= 15 is 0 Å². The summed E-state index contributed by atoms with van der Waals surface area (Å²) in [4.78, 5) is 14.0. The van der Waals surface area contributed by atoms with Crippen LogP contribution in [-0.4, -0.2) is 11.3 Å². The predicted octanol–water partition coefficient (Wildman–Crippen LogP) is 3.17. The number of hydrogen-bond donors (Lipinski definition) is 0. The number of halogens is 3. The summed E-state index contributed by atoms with van der Waals surface area (Å²) in [5.41, 5.74) is -0.310. The van der Waals surface area contributed by atoms with E-state index in [4.69, 9.17) is 4.42 Å². The zero-order valence-corrected chi connectivity index (χ0v) is 8.36. The van der Waals surface area contributed by atoms with Gasteiger partial charge in [0.2, 0.25) is 6.29 Å². The third-order valence-electron chi connectivity index (χ3n) is 2.12. The molecule has 0 aliphatic heterocycles. The smallest absolute Gasteiger partial charge is 0.416 e. The number of hydrogen-bond acceptors (Lipinski definition) is 3. The molecule has 0 amide bonds. The second-order valence-electron chi connectivity index (χ2n) is 3.26. The summed E-state index contributed by atoms with van der Waals surface area (Å²) in [6.07, 6.45) is -2.66. The van der Waals surface area contributed by atoms with Crippen LogP contribution in [0.4, 0.5) is 13.2 Å². The SMILES string of the molecule is O=Cc1ncc(-c2ccc(C(F)(F)F)cc2)o1. The van der Waals surface area contributed by atoms with Gasteiger partial charge >= 0.3 is 6.18 Å². The summed E-state index contributed by atoms with van der Waals surface area (Å²) in [6, 6.07) is 4.41. The minimum atomic E-state index is -4.37. The van der Waals surface area contributed by atoms with Crippen LogP contribution < -0.4 is 0 Å². The molecule has 17 heavy (non-hydrogen) atoms. The van der Waals surface area contributed by atoms with Crippen molar-refractivity contribution in [2.24, 2.45) is 0 Å². The topological polar surface area (TPSA) is 43.1 Å². The second-order valence-corrected chi connectivity index (χ2v) is 3.26. The van der Waals surface area contributed by atoms with Gasteiger partial charge in [-0.3, -0.25) is 4.79 Å². The van der Waals surface area contributed by atoms with Gasteiger partial charge in [0.15, 0.2) is 5.76 Å². The van der Waals surface area contributed by atoms with Gasteiger partial charge in [-0.1, -0.05) is 12.1 Å². The summed E-state index contributed by atoms with van der Waals surface area (Å²) in [6.45, 7) is 0. The van der Waals surface area contributed by atoms with E-state index in [-0.39, 0.29) is 11.7 Å².